The van der Waals surface area contributed by atoms with Crippen LogP contribution in [0.5, 0.6) is 0 Å². The first-order valence-corrected chi connectivity index (χ1v) is 5.81. The fourth-order valence-corrected chi connectivity index (χ4v) is 1.64. The zero-order valence-electron chi connectivity index (χ0n) is 10.3. The van der Waals surface area contributed by atoms with E-state index < -0.39 is 0 Å². The summed E-state index contributed by atoms with van der Waals surface area (Å²) in [5.41, 5.74) is 0. The number of piperazine rings is 1. The average molecular weight is 198 g/mol. The summed E-state index contributed by atoms with van der Waals surface area (Å²) in [6, 6.07) is 0.705. The van der Waals surface area contributed by atoms with E-state index in [1.54, 1.807) is 0 Å². The lowest BCUT2D eigenvalue weighted by Gasteiger charge is -2.36. The van der Waals surface area contributed by atoms with Crippen LogP contribution in [0.3, 0.4) is 0 Å². The highest BCUT2D eigenvalue weighted by atomic mass is 15.3. The van der Waals surface area contributed by atoms with Crippen molar-refractivity contribution in [1.82, 2.24) is 9.80 Å². The SMILES string of the molecule is C=CCN1CCN(C(C)C)CC1.CC. The molecule has 0 spiro atoms. The number of hydrogen-bond acceptors (Lipinski definition) is 2. The summed E-state index contributed by atoms with van der Waals surface area (Å²) in [5.74, 6) is 0. The van der Waals surface area contributed by atoms with Gasteiger partial charge in [0.1, 0.15) is 0 Å². The van der Waals surface area contributed by atoms with Gasteiger partial charge in [-0.1, -0.05) is 19.9 Å². The molecule has 0 N–H and O–H groups in total. The van der Waals surface area contributed by atoms with Crippen molar-refractivity contribution in [3.63, 3.8) is 0 Å². The van der Waals surface area contributed by atoms with Gasteiger partial charge in [-0.2, -0.15) is 0 Å². The van der Waals surface area contributed by atoms with Crippen molar-refractivity contribution >= 4 is 0 Å². The molecule has 0 atom stereocenters. The Morgan fingerprint density at radius 3 is 2.00 bits per heavy atom. The van der Waals surface area contributed by atoms with E-state index in [9.17, 15) is 0 Å². The summed E-state index contributed by atoms with van der Waals surface area (Å²) < 4.78 is 0. The Labute approximate surface area is 89.6 Å². The lowest BCUT2D eigenvalue weighted by Crippen LogP contribution is -2.48. The Balaban J connectivity index is 0.000000791. The van der Waals surface area contributed by atoms with Gasteiger partial charge in [0.15, 0.2) is 0 Å². The predicted octanol–water partition coefficient (Wildman–Crippen LogP) is 2.22. The summed E-state index contributed by atoms with van der Waals surface area (Å²) in [4.78, 5) is 4.98. The summed E-state index contributed by atoms with van der Waals surface area (Å²) >= 11 is 0. The summed E-state index contributed by atoms with van der Waals surface area (Å²) in [7, 11) is 0. The molecule has 1 aliphatic rings. The Morgan fingerprint density at radius 2 is 1.64 bits per heavy atom. The second kappa shape index (κ2) is 8.01. The van der Waals surface area contributed by atoms with E-state index in [4.69, 9.17) is 0 Å². The third-order valence-corrected chi connectivity index (χ3v) is 2.52. The van der Waals surface area contributed by atoms with Crippen molar-refractivity contribution in [3.05, 3.63) is 12.7 Å². The monoisotopic (exact) mass is 198 g/mol. The Bertz CT molecular complexity index is 135. The minimum absolute atomic E-state index is 0.705. The topological polar surface area (TPSA) is 6.48 Å². The predicted molar refractivity (Wildman–Crippen MR) is 64.7 cm³/mol. The zero-order valence-corrected chi connectivity index (χ0v) is 10.3. The van der Waals surface area contributed by atoms with Crippen LogP contribution in [0.25, 0.3) is 0 Å². The lowest BCUT2D eigenvalue weighted by molar-refractivity contribution is 0.117. The first kappa shape index (κ1) is 13.7. The molecular formula is C12H26N2. The fourth-order valence-electron chi connectivity index (χ4n) is 1.64. The van der Waals surface area contributed by atoms with E-state index in [0.717, 1.165) is 6.54 Å². The van der Waals surface area contributed by atoms with Crippen LogP contribution in [0.2, 0.25) is 0 Å². The maximum atomic E-state index is 3.75. The number of hydrogen-bond donors (Lipinski definition) is 0. The highest BCUT2D eigenvalue weighted by Gasteiger charge is 2.17. The molecule has 0 saturated carbocycles. The van der Waals surface area contributed by atoms with E-state index in [2.05, 4.69) is 30.2 Å². The van der Waals surface area contributed by atoms with Crippen molar-refractivity contribution in [2.45, 2.75) is 33.7 Å². The second-order valence-electron chi connectivity index (χ2n) is 3.72. The molecule has 1 saturated heterocycles. The molecule has 0 aromatic rings. The van der Waals surface area contributed by atoms with Crippen LogP contribution in [0.1, 0.15) is 27.7 Å². The highest BCUT2D eigenvalue weighted by Crippen LogP contribution is 2.04. The van der Waals surface area contributed by atoms with Gasteiger partial charge in [0.05, 0.1) is 0 Å². The van der Waals surface area contributed by atoms with Crippen LogP contribution in [-0.4, -0.2) is 48.6 Å². The fraction of sp³-hybridized carbons (Fsp3) is 0.833. The Morgan fingerprint density at radius 1 is 1.14 bits per heavy atom. The average Bonchev–Trinajstić information content (AvgIpc) is 2.22. The number of nitrogens with zero attached hydrogens (tertiary/aromatic N) is 2. The largest absolute Gasteiger partial charge is 0.298 e. The van der Waals surface area contributed by atoms with Crippen molar-refractivity contribution in [2.75, 3.05) is 32.7 Å². The van der Waals surface area contributed by atoms with Crippen LogP contribution in [0.4, 0.5) is 0 Å². The van der Waals surface area contributed by atoms with Crippen LogP contribution in [-0.2, 0) is 0 Å². The molecule has 1 rings (SSSR count). The maximum Gasteiger partial charge on any atom is 0.0161 e. The molecule has 0 amide bonds. The van der Waals surface area contributed by atoms with Crippen molar-refractivity contribution in [2.24, 2.45) is 0 Å². The molecular weight excluding hydrogens is 172 g/mol. The minimum atomic E-state index is 0.705. The molecule has 0 aromatic heterocycles. The summed E-state index contributed by atoms with van der Waals surface area (Å²) in [6.07, 6.45) is 1.99. The quantitative estimate of drug-likeness (QED) is 0.642. The van der Waals surface area contributed by atoms with Crippen LogP contribution in [0.15, 0.2) is 12.7 Å². The molecule has 1 aliphatic heterocycles. The molecule has 1 fully saturated rings. The van der Waals surface area contributed by atoms with Crippen LogP contribution < -0.4 is 0 Å². The van der Waals surface area contributed by atoms with Crippen LogP contribution >= 0.6 is 0 Å². The van der Waals surface area contributed by atoms with Gasteiger partial charge in [0.2, 0.25) is 0 Å². The maximum absolute atomic E-state index is 3.75. The Kier molecular flexibility index (Phi) is 7.81. The normalized spacial score (nSPS) is 18.9. The molecule has 2 nitrogen and oxygen atoms in total. The van der Waals surface area contributed by atoms with E-state index in [-0.39, 0.29) is 0 Å². The van der Waals surface area contributed by atoms with Gasteiger partial charge in [-0.25, -0.2) is 0 Å². The van der Waals surface area contributed by atoms with Crippen LogP contribution in [0, 0.1) is 0 Å². The molecule has 1 heterocycles. The second-order valence-corrected chi connectivity index (χ2v) is 3.72. The molecule has 0 aromatic carbocycles. The van der Waals surface area contributed by atoms with Crippen molar-refractivity contribution < 1.29 is 0 Å². The molecule has 0 aliphatic carbocycles. The summed E-state index contributed by atoms with van der Waals surface area (Å²) in [6.45, 7) is 18.2. The van der Waals surface area contributed by atoms with E-state index in [0.29, 0.717) is 6.04 Å². The molecule has 0 unspecified atom stereocenters. The van der Waals surface area contributed by atoms with Gasteiger partial charge >= 0.3 is 0 Å². The highest BCUT2D eigenvalue weighted by molar-refractivity contribution is 4.79. The molecule has 0 radical (unpaired) electrons. The van der Waals surface area contributed by atoms with Gasteiger partial charge in [-0.05, 0) is 13.8 Å². The van der Waals surface area contributed by atoms with Crippen molar-refractivity contribution in [1.29, 1.82) is 0 Å². The van der Waals surface area contributed by atoms with Crippen molar-refractivity contribution in [3.8, 4) is 0 Å². The molecule has 0 bridgehead atoms. The molecule has 2 heteroatoms. The van der Waals surface area contributed by atoms with E-state index in [1.165, 1.54) is 26.2 Å². The smallest absolute Gasteiger partial charge is 0.0161 e. The molecule has 84 valence electrons. The lowest BCUT2D eigenvalue weighted by atomic mass is 10.2. The van der Waals surface area contributed by atoms with Gasteiger partial charge < -0.3 is 0 Å². The molecule has 14 heavy (non-hydrogen) atoms. The third-order valence-electron chi connectivity index (χ3n) is 2.52. The number of rotatable bonds is 3. The Hall–Kier alpha value is -0.340. The third kappa shape index (κ3) is 4.77. The van der Waals surface area contributed by atoms with E-state index in [1.807, 2.05) is 19.9 Å². The minimum Gasteiger partial charge on any atom is -0.298 e. The van der Waals surface area contributed by atoms with E-state index >= 15 is 0 Å². The first-order chi connectivity index (χ1) is 6.74. The van der Waals surface area contributed by atoms with Gasteiger partial charge in [-0.3, -0.25) is 9.80 Å². The van der Waals surface area contributed by atoms with Gasteiger partial charge in [-0.15, -0.1) is 6.58 Å². The first-order valence-electron chi connectivity index (χ1n) is 5.81. The standard InChI is InChI=1S/C10H20N2.C2H6/c1-4-5-11-6-8-12(9-7-11)10(2)3;1-2/h4,10H,1,5-9H2,2-3H3;1-2H3. The van der Waals surface area contributed by atoms with Gasteiger partial charge in [0.25, 0.3) is 0 Å². The zero-order chi connectivity index (χ0) is 11.0. The van der Waals surface area contributed by atoms with Gasteiger partial charge in [0, 0.05) is 38.8 Å². The summed E-state index contributed by atoms with van der Waals surface area (Å²) in [5, 5.41) is 0.